The molecule has 1 atom stereocenters. The minimum Gasteiger partial charge on any atom is -0.480 e. The van der Waals surface area contributed by atoms with Crippen LogP contribution in [0.3, 0.4) is 0 Å². The number of rotatable bonds is 18. The molecular formula is C20H42N2O2. The van der Waals surface area contributed by atoms with Crippen LogP contribution in [0.5, 0.6) is 0 Å². The normalized spacial score (nSPS) is 12.7. The molecule has 0 amide bonds. The summed E-state index contributed by atoms with van der Waals surface area (Å²) in [5.41, 5.74) is 0. The van der Waals surface area contributed by atoms with Gasteiger partial charge in [-0.2, -0.15) is 0 Å². The van der Waals surface area contributed by atoms with Crippen LogP contribution in [0.15, 0.2) is 0 Å². The van der Waals surface area contributed by atoms with Gasteiger partial charge in [-0.15, -0.1) is 0 Å². The number of hydrogen-bond donors (Lipinski definition) is 2. The van der Waals surface area contributed by atoms with Gasteiger partial charge < -0.3 is 5.11 Å². The number of unbranched alkanes of at least 4 members (excludes halogenated alkanes) is 13. The number of nitrogens with zero attached hydrogens (tertiary/aromatic N) is 1. The molecule has 0 aliphatic carbocycles. The zero-order chi connectivity index (χ0) is 18.0. The molecule has 0 saturated carbocycles. The van der Waals surface area contributed by atoms with Crippen LogP contribution in [0.4, 0.5) is 0 Å². The van der Waals surface area contributed by atoms with E-state index < -0.39 is 12.0 Å². The van der Waals surface area contributed by atoms with Crippen LogP contribution < -0.4 is 5.84 Å². The number of hydrogen-bond acceptors (Lipinski definition) is 3. The Bertz CT molecular complexity index is 285. The maximum atomic E-state index is 11.1. The van der Waals surface area contributed by atoms with Crippen molar-refractivity contribution >= 4 is 5.97 Å². The molecule has 3 N–H and O–H groups in total. The molecule has 0 radical (unpaired) electrons. The average molecular weight is 343 g/mol. The Morgan fingerprint density at radius 1 is 0.792 bits per heavy atom. The van der Waals surface area contributed by atoms with Crippen molar-refractivity contribution in [3.8, 4) is 0 Å². The maximum absolute atomic E-state index is 11.1. The van der Waals surface area contributed by atoms with E-state index in [1.54, 1.807) is 0 Å². The summed E-state index contributed by atoms with van der Waals surface area (Å²) >= 11 is 0. The third-order valence-electron chi connectivity index (χ3n) is 4.88. The standard InChI is InChI=1S/C20H42N2O2/c1-3-5-6-7-8-9-10-11-12-13-14-15-16-17-18-19(20(23)24)22(21)4-2/h19H,3-18,21H2,1-2H3,(H,23,24). The van der Waals surface area contributed by atoms with E-state index in [4.69, 9.17) is 10.9 Å². The first-order valence-corrected chi connectivity index (χ1v) is 10.4. The van der Waals surface area contributed by atoms with E-state index in [-0.39, 0.29) is 0 Å². The van der Waals surface area contributed by atoms with E-state index >= 15 is 0 Å². The van der Waals surface area contributed by atoms with E-state index in [9.17, 15) is 4.79 Å². The molecular weight excluding hydrogens is 300 g/mol. The highest BCUT2D eigenvalue weighted by Crippen LogP contribution is 2.14. The van der Waals surface area contributed by atoms with Crippen molar-refractivity contribution in [3.63, 3.8) is 0 Å². The summed E-state index contributed by atoms with van der Waals surface area (Å²) in [6, 6.07) is -0.521. The largest absolute Gasteiger partial charge is 0.480 e. The van der Waals surface area contributed by atoms with Gasteiger partial charge in [-0.3, -0.25) is 10.6 Å². The van der Waals surface area contributed by atoms with Gasteiger partial charge in [0, 0.05) is 6.54 Å². The molecule has 1 unspecified atom stereocenters. The fourth-order valence-corrected chi connectivity index (χ4v) is 3.18. The predicted octanol–water partition coefficient (Wildman–Crippen LogP) is 5.51. The fourth-order valence-electron chi connectivity index (χ4n) is 3.18. The maximum Gasteiger partial charge on any atom is 0.322 e. The Kier molecular flexibility index (Phi) is 16.8. The Labute approximate surface area is 150 Å². The lowest BCUT2D eigenvalue weighted by Crippen LogP contribution is -2.45. The molecule has 0 fully saturated rings. The fraction of sp³-hybridized carbons (Fsp3) is 0.950. The van der Waals surface area contributed by atoms with Gasteiger partial charge in [0.15, 0.2) is 0 Å². The van der Waals surface area contributed by atoms with E-state index in [1.165, 1.54) is 82.1 Å². The molecule has 0 aliphatic rings. The minimum atomic E-state index is -0.797. The summed E-state index contributed by atoms with van der Waals surface area (Å²) in [5, 5.41) is 10.6. The lowest BCUT2D eigenvalue weighted by Gasteiger charge is -2.22. The van der Waals surface area contributed by atoms with Gasteiger partial charge in [0.2, 0.25) is 0 Å². The molecule has 0 spiro atoms. The highest BCUT2D eigenvalue weighted by molar-refractivity contribution is 5.73. The Hall–Kier alpha value is -0.610. The number of carboxylic acids is 1. The molecule has 0 saturated heterocycles. The van der Waals surface area contributed by atoms with Crippen LogP contribution in [-0.2, 0) is 4.79 Å². The first-order valence-electron chi connectivity index (χ1n) is 10.4. The SMILES string of the molecule is CCCCCCCCCCCCCCCCC(C(=O)O)N(N)CC. The summed E-state index contributed by atoms with van der Waals surface area (Å²) in [4.78, 5) is 11.1. The van der Waals surface area contributed by atoms with Gasteiger partial charge in [-0.05, 0) is 6.42 Å². The van der Waals surface area contributed by atoms with Crippen LogP contribution >= 0.6 is 0 Å². The van der Waals surface area contributed by atoms with Crippen molar-refractivity contribution in [1.29, 1.82) is 0 Å². The number of likely N-dealkylation sites (N-methyl/N-ethyl adjacent to an activating group) is 1. The highest BCUT2D eigenvalue weighted by Gasteiger charge is 2.21. The van der Waals surface area contributed by atoms with Crippen molar-refractivity contribution in [3.05, 3.63) is 0 Å². The Morgan fingerprint density at radius 3 is 1.50 bits per heavy atom. The number of nitrogens with two attached hydrogens (primary N) is 1. The monoisotopic (exact) mass is 342 g/mol. The van der Waals surface area contributed by atoms with Gasteiger partial charge in [0.05, 0.1) is 0 Å². The Balaban J connectivity index is 3.31. The third kappa shape index (κ3) is 13.8. The molecule has 24 heavy (non-hydrogen) atoms. The van der Waals surface area contributed by atoms with Gasteiger partial charge in [-0.1, -0.05) is 104 Å². The second-order valence-electron chi connectivity index (χ2n) is 7.07. The minimum absolute atomic E-state index is 0.521. The van der Waals surface area contributed by atoms with Crippen LogP contribution in [-0.4, -0.2) is 28.7 Å². The molecule has 0 aliphatic heterocycles. The smallest absolute Gasteiger partial charge is 0.322 e. The average Bonchev–Trinajstić information content (AvgIpc) is 2.57. The predicted molar refractivity (Wildman–Crippen MR) is 103 cm³/mol. The lowest BCUT2D eigenvalue weighted by molar-refractivity contribution is -0.143. The molecule has 0 aromatic rings. The topological polar surface area (TPSA) is 66.6 Å². The van der Waals surface area contributed by atoms with Gasteiger partial charge >= 0.3 is 5.97 Å². The molecule has 0 aromatic carbocycles. The lowest BCUT2D eigenvalue weighted by atomic mass is 10.0. The van der Waals surface area contributed by atoms with Crippen LogP contribution in [0, 0.1) is 0 Å². The number of carboxylic acid groups (broad SMARTS) is 1. The van der Waals surface area contributed by atoms with E-state index in [2.05, 4.69) is 6.92 Å². The van der Waals surface area contributed by atoms with Crippen LogP contribution in [0.2, 0.25) is 0 Å². The van der Waals surface area contributed by atoms with Gasteiger partial charge in [0.25, 0.3) is 0 Å². The second-order valence-corrected chi connectivity index (χ2v) is 7.07. The first kappa shape index (κ1) is 23.4. The molecule has 144 valence electrons. The molecule has 0 rings (SSSR count). The number of aliphatic carboxylic acids is 1. The molecule has 0 aromatic heterocycles. The quantitative estimate of drug-likeness (QED) is 0.196. The van der Waals surface area contributed by atoms with Gasteiger partial charge in [0.1, 0.15) is 6.04 Å². The van der Waals surface area contributed by atoms with Crippen molar-refractivity contribution in [2.75, 3.05) is 6.54 Å². The first-order chi connectivity index (χ1) is 11.6. The molecule has 0 heterocycles. The second kappa shape index (κ2) is 17.2. The van der Waals surface area contributed by atoms with E-state index in [0.29, 0.717) is 13.0 Å². The van der Waals surface area contributed by atoms with Crippen LogP contribution in [0.25, 0.3) is 0 Å². The summed E-state index contributed by atoms with van der Waals surface area (Å²) < 4.78 is 0. The summed E-state index contributed by atoms with van der Waals surface area (Å²) in [6.07, 6.45) is 19.1. The van der Waals surface area contributed by atoms with Crippen molar-refractivity contribution in [2.24, 2.45) is 5.84 Å². The third-order valence-corrected chi connectivity index (χ3v) is 4.88. The number of carbonyl (C=O) groups is 1. The molecule has 4 nitrogen and oxygen atoms in total. The summed E-state index contributed by atoms with van der Waals surface area (Å²) in [7, 11) is 0. The Morgan fingerprint density at radius 2 is 1.17 bits per heavy atom. The molecule has 4 heteroatoms. The highest BCUT2D eigenvalue weighted by atomic mass is 16.4. The summed E-state index contributed by atoms with van der Waals surface area (Å²) in [6.45, 7) is 4.74. The zero-order valence-corrected chi connectivity index (χ0v) is 16.3. The van der Waals surface area contributed by atoms with Crippen LogP contribution in [0.1, 0.15) is 110 Å². The van der Waals surface area contributed by atoms with Crippen molar-refractivity contribution < 1.29 is 9.90 Å². The van der Waals surface area contributed by atoms with E-state index in [1.807, 2.05) is 6.92 Å². The zero-order valence-electron chi connectivity index (χ0n) is 16.3. The van der Waals surface area contributed by atoms with Crippen molar-refractivity contribution in [1.82, 2.24) is 5.01 Å². The molecule has 0 bridgehead atoms. The summed E-state index contributed by atoms with van der Waals surface area (Å²) in [5.74, 6) is 4.93. The number of hydrazine groups is 1. The van der Waals surface area contributed by atoms with Gasteiger partial charge in [-0.25, -0.2) is 5.01 Å². The van der Waals surface area contributed by atoms with E-state index in [0.717, 1.165) is 12.8 Å². The van der Waals surface area contributed by atoms with Crippen molar-refractivity contribution in [2.45, 2.75) is 116 Å².